The van der Waals surface area contributed by atoms with Crippen molar-refractivity contribution >= 4 is 15.9 Å². The minimum absolute atomic E-state index is 0.165. The van der Waals surface area contributed by atoms with Crippen molar-refractivity contribution in [2.24, 2.45) is 5.73 Å². The highest BCUT2D eigenvalue weighted by Gasteiger charge is 2.46. The molecule has 1 aliphatic heterocycles. The van der Waals surface area contributed by atoms with Crippen LogP contribution in [0.1, 0.15) is 43.7 Å². The zero-order valence-electron chi connectivity index (χ0n) is 11.5. The van der Waals surface area contributed by atoms with Crippen molar-refractivity contribution in [2.45, 2.75) is 38.0 Å². The maximum Gasteiger partial charge on any atom is 0.175 e. The SMILES string of the molecule is CC(C)c1c(C2(CN)CC2)cc(Br)c2c1OCCO2. The van der Waals surface area contributed by atoms with Crippen LogP contribution in [-0.4, -0.2) is 19.8 Å². The summed E-state index contributed by atoms with van der Waals surface area (Å²) in [5.41, 5.74) is 8.80. The summed E-state index contributed by atoms with van der Waals surface area (Å²) in [7, 11) is 0. The van der Waals surface area contributed by atoms with Crippen LogP contribution in [0.25, 0.3) is 0 Å². The van der Waals surface area contributed by atoms with E-state index in [-0.39, 0.29) is 5.41 Å². The molecule has 1 saturated carbocycles. The van der Waals surface area contributed by atoms with Gasteiger partial charge in [0.05, 0.1) is 4.47 Å². The molecule has 0 amide bonds. The average Bonchev–Trinajstić information content (AvgIpc) is 3.19. The predicted molar refractivity (Wildman–Crippen MR) is 79.2 cm³/mol. The number of fused-ring (bicyclic) bond motifs is 1. The zero-order chi connectivity index (χ0) is 13.6. The van der Waals surface area contributed by atoms with Crippen LogP contribution in [-0.2, 0) is 5.41 Å². The molecule has 3 rings (SSSR count). The van der Waals surface area contributed by atoms with Crippen LogP contribution in [0.2, 0.25) is 0 Å². The van der Waals surface area contributed by atoms with E-state index in [9.17, 15) is 0 Å². The van der Waals surface area contributed by atoms with E-state index in [0.29, 0.717) is 25.7 Å². The van der Waals surface area contributed by atoms with E-state index >= 15 is 0 Å². The molecule has 1 aromatic rings. The molecule has 1 aliphatic carbocycles. The quantitative estimate of drug-likeness (QED) is 0.927. The molecule has 0 bridgehead atoms. The Morgan fingerprint density at radius 3 is 2.42 bits per heavy atom. The number of hydrogen-bond donors (Lipinski definition) is 1. The van der Waals surface area contributed by atoms with Gasteiger partial charge in [-0.15, -0.1) is 0 Å². The summed E-state index contributed by atoms with van der Waals surface area (Å²) in [5, 5.41) is 0. The monoisotopic (exact) mass is 325 g/mol. The van der Waals surface area contributed by atoms with Crippen molar-refractivity contribution < 1.29 is 9.47 Å². The van der Waals surface area contributed by atoms with Crippen LogP contribution in [0.15, 0.2) is 10.5 Å². The van der Waals surface area contributed by atoms with Gasteiger partial charge in [-0.25, -0.2) is 0 Å². The first-order valence-corrected chi connectivity index (χ1v) is 7.71. The number of rotatable bonds is 3. The van der Waals surface area contributed by atoms with Crippen molar-refractivity contribution in [1.29, 1.82) is 0 Å². The summed E-state index contributed by atoms with van der Waals surface area (Å²) < 4.78 is 12.7. The van der Waals surface area contributed by atoms with E-state index in [0.717, 1.165) is 16.0 Å². The highest BCUT2D eigenvalue weighted by molar-refractivity contribution is 9.10. The lowest BCUT2D eigenvalue weighted by Crippen LogP contribution is -2.24. The topological polar surface area (TPSA) is 44.5 Å². The molecule has 0 unspecified atom stereocenters. The minimum atomic E-state index is 0.165. The van der Waals surface area contributed by atoms with E-state index in [1.165, 1.54) is 24.0 Å². The Balaban J connectivity index is 2.21. The van der Waals surface area contributed by atoms with E-state index in [4.69, 9.17) is 15.2 Å². The Morgan fingerprint density at radius 2 is 1.89 bits per heavy atom. The van der Waals surface area contributed by atoms with Crippen LogP contribution < -0.4 is 15.2 Å². The first-order chi connectivity index (χ1) is 9.09. The molecule has 1 aromatic carbocycles. The molecular formula is C15H20BrNO2. The molecule has 1 fully saturated rings. The summed E-state index contributed by atoms with van der Waals surface area (Å²) in [6.45, 7) is 6.36. The highest BCUT2D eigenvalue weighted by Crippen LogP contribution is 2.55. The maximum atomic E-state index is 6.01. The van der Waals surface area contributed by atoms with Crippen molar-refractivity contribution in [1.82, 2.24) is 0 Å². The van der Waals surface area contributed by atoms with Crippen molar-refractivity contribution in [3.8, 4) is 11.5 Å². The Morgan fingerprint density at radius 1 is 1.26 bits per heavy atom. The fraction of sp³-hybridized carbons (Fsp3) is 0.600. The van der Waals surface area contributed by atoms with Gasteiger partial charge in [-0.1, -0.05) is 13.8 Å². The molecule has 2 aliphatic rings. The number of benzene rings is 1. The molecule has 0 spiro atoms. The fourth-order valence-corrected chi connectivity index (χ4v) is 3.46. The summed E-state index contributed by atoms with van der Waals surface area (Å²) in [6, 6.07) is 2.20. The van der Waals surface area contributed by atoms with Gasteiger partial charge < -0.3 is 15.2 Å². The number of hydrogen-bond acceptors (Lipinski definition) is 3. The second kappa shape index (κ2) is 4.67. The molecule has 0 aromatic heterocycles. The third kappa shape index (κ3) is 2.05. The Hall–Kier alpha value is -0.740. The average molecular weight is 326 g/mol. The molecular weight excluding hydrogens is 306 g/mol. The van der Waals surface area contributed by atoms with Gasteiger partial charge in [0.25, 0.3) is 0 Å². The van der Waals surface area contributed by atoms with E-state index in [1.54, 1.807) is 0 Å². The van der Waals surface area contributed by atoms with Gasteiger partial charge >= 0.3 is 0 Å². The second-order valence-corrected chi connectivity index (χ2v) is 6.67. The first-order valence-electron chi connectivity index (χ1n) is 6.91. The third-order valence-corrected chi connectivity index (χ3v) is 4.79. The molecule has 104 valence electrons. The predicted octanol–water partition coefficient (Wildman–Crippen LogP) is 3.33. The molecule has 3 nitrogen and oxygen atoms in total. The summed E-state index contributed by atoms with van der Waals surface area (Å²) in [6.07, 6.45) is 2.35. The second-order valence-electron chi connectivity index (χ2n) is 5.81. The normalized spacial score (nSPS) is 19.6. The van der Waals surface area contributed by atoms with Gasteiger partial charge in [-0.3, -0.25) is 0 Å². The van der Waals surface area contributed by atoms with Gasteiger partial charge in [-0.2, -0.15) is 0 Å². The van der Waals surface area contributed by atoms with Crippen molar-refractivity contribution in [2.75, 3.05) is 19.8 Å². The van der Waals surface area contributed by atoms with E-state index in [2.05, 4.69) is 35.8 Å². The van der Waals surface area contributed by atoms with Crippen molar-refractivity contribution in [3.63, 3.8) is 0 Å². The number of ether oxygens (including phenoxy) is 2. The molecule has 0 atom stereocenters. The first kappa shape index (κ1) is 13.3. The molecule has 2 N–H and O–H groups in total. The lowest BCUT2D eigenvalue weighted by molar-refractivity contribution is 0.168. The highest BCUT2D eigenvalue weighted by atomic mass is 79.9. The molecule has 0 saturated heterocycles. The molecule has 0 radical (unpaired) electrons. The fourth-order valence-electron chi connectivity index (χ4n) is 2.93. The van der Waals surface area contributed by atoms with Gasteiger partial charge in [0, 0.05) is 17.5 Å². The molecule has 1 heterocycles. The lowest BCUT2D eigenvalue weighted by Gasteiger charge is -2.28. The smallest absolute Gasteiger partial charge is 0.175 e. The standard InChI is InChI=1S/C15H20BrNO2/c1-9(2)12-10(15(8-17)3-4-15)7-11(16)13-14(12)19-6-5-18-13/h7,9H,3-6,8,17H2,1-2H3. The van der Waals surface area contributed by atoms with Gasteiger partial charge in [0.1, 0.15) is 13.2 Å². The lowest BCUT2D eigenvalue weighted by atomic mass is 9.85. The minimum Gasteiger partial charge on any atom is -0.486 e. The summed E-state index contributed by atoms with van der Waals surface area (Å²) >= 11 is 3.62. The van der Waals surface area contributed by atoms with Crippen molar-refractivity contribution in [3.05, 3.63) is 21.7 Å². The third-order valence-electron chi connectivity index (χ3n) is 4.20. The maximum absolute atomic E-state index is 6.01. The van der Waals surface area contributed by atoms with Gasteiger partial charge in [0.15, 0.2) is 11.5 Å². The van der Waals surface area contributed by atoms with Crippen LogP contribution in [0.4, 0.5) is 0 Å². The largest absolute Gasteiger partial charge is 0.486 e. The van der Waals surface area contributed by atoms with Gasteiger partial charge in [-0.05, 0) is 46.3 Å². The van der Waals surface area contributed by atoms with E-state index < -0.39 is 0 Å². The molecule has 19 heavy (non-hydrogen) atoms. The zero-order valence-corrected chi connectivity index (χ0v) is 13.0. The van der Waals surface area contributed by atoms with Crippen LogP contribution in [0.5, 0.6) is 11.5 Å². The Kier molecular flexibility index (Phi) is 3.26. The Bertz CT molecular complexity index is 509. The molecule has 4 heteroatoms. The summed E-state index contributed by atoms with van der Waals surface area (Å²) in [5.74, 6) is 2.18. The Labute approximate surface area is 122 Å². The number of halogens is 1. The van der Waals surface area contributed by atoms with E-state index in [1.807, 2.05) is 0 Å². The van der Waals surface area contributed by atoms with Crippen LogP contribution in [0.3, 0.4) is 0 Å². The van der Waals surface area contributed by atoms with Crippen LogP contribution >= 0.6 is 15.9 Å². The van der Waals surface area contributed by atoms with Crippen LogP contribution in [0, 0.1) is 0 Å². The summed E-state index contributed by atoms with van der Waals surface area (Å²) in [4.78, 5) is 0. The van der Waals surface area contributed by atoms with Gasteiger partial charge in [0.2, 0.25) is 0 Å². The number of nitrogens with two attached hydrogens (primary N) is 1.